The predicted molar refractivity (Wildman–Crippen MR) is 94.3 cm³/mol. The Balaban J connectivity index is 1.53. The average molecular weight is 355 g/mol. The molecule has 0 saturated carbocycles. The second-order valence-corrected chi connectivity index (χ2v) is 7.00. The lowest BCUT2D eigenvalue weighted by molar-refractivity contribution is 0.0934. The monoisotopic (exact) mass is 355 g/mol. The van der Waals surface area contributed by atoms with Gasteiger partial charge in [-0.25, -0.2) is 4.98 Å². The number of amides is 1. The molecule has 0 aliphatic heterocycles. The van der Waals surface area contributed by atoms with Gasteiger partial charge in [0.05, 0.1) is 10.9 Å². The van der Waals surface area contributed by atoms with Crippen LogP contribution >= 0.6 is 22.7 Å². The number of hydrogen-bond acceptors (Lipinski definition) is 6. The van der Waals surface area contributed by atoms with Crippen molar-refractivity contribution < 1.29 is 4.79 Å². The van der Waals surface area contributed by atoms with E-state index >= 15 is 0 Å². The quantitative estimate of drug-likeness (QED) is 0.609. The summed E-state index contributed by atoms with van der Waals surface area (Å²) in [5.74, 6) is 0.474. The van der Waals surface area contributed by atoms with Gasteiger partial charge in [0, 0.05) is 11.6 Å². The van der Waals surface area contributed by atoms with Gasteiger partial charge >= 0.3 is 0 Å². The third-order valence-corrected chi connectivity index (χ3v) is 5.43. The molecule has 0 unspecified atom stereocenters. The summed E-state index contributed by atoms with van der Waals surface area (Å²) in [7, 11) is 0. The molecule has 120 valence electrons. The number of hydrogen-bond donors (Lipinski definition) is 1. The van der Waals surface area contributed by atoms with E-state index in [1.165, 1.54) is 11.3 Å². The molecule has 0 saturated heterocycles. The topological polar surface area (TPSA) is 72.2 Å². The summed E-state index contributed by atoms with van der Waals surface area (Å²) in [5.41, 5.74) is 1.17. The molecule has 0 radical (unpaired) electrons. The van der Waals surface area contributed by atoms with Crippen LogP contribution in [-0.2, 0) is 0 Å². The Kier molecular flexibility index (Phi) is 3.83. The van der Waals surface area contributed by atoms with E-state index in [1.807, 2.05) is 53.2 Å². The smallest absolute Gasteiger partial charge is 0.271 e. The van der Waals surface area contributed by atoms with Gasteiger partial charge in [-0.3, -0.25) is 9.20 Å². The molecule has 0 bridgehead atoms. The second-order valence-electron chi connectivity index (χ2n) is 5.20. The van der Waals surface area contributed by atoms with Crippen LogP contribution in [0.4, 0.5) is 0 Å². The number of aromatic nitrogens is 4. The van der Waals surface area contributed by atoms with Crippen molar-refractivity contribution in [2.75, 3.05) is 0 Å². The molecule has 4 aromatic heterocycles. The lowest BCUT2D eigenvalue weighted by Crippen LogP contribution is -2.28. The number of pyridine rings is 1. The molecular formula is C16H13N5OS2. The van der Waals surface area contributed by atoms with Crippen LogP contribution in [-0.4, -0.2) is 25.5 Å². The van der Waals surface area contributed by atoms with Crippen LogP contribution < -0.4 is 5.32 Å². The van der Waals surface area contributed by atoms with Gasteiger partial charge in [0.15, 0.2) is 11.5 Å². The summed E-state index contributed by atoms with van der Waals surface area (Å²) in [5, 5.41) is 15.8. The van der Waals surface area contributed by atoms with E-state index in [4.69, 9.17) is 0 Å². The minimum absolute atomic E-state index is 0.214. The number of rotatable bonds is 4. The maximum absolute atomic E-state index is 12.4. The van der Waals surface area contributed by atoms with Crippen molar-refractivity contribution in [3.05, 3.63) is 58.8 Å². The third kappa shape index (κ3) is 2.70. The Bertz CT molecular complexity index is 989. The SMILES string of the molecule is C[C@@H](NC(=O)c1csc(-c2cccs2)n1)c1nnc2ccccn12. The Morgan fingerprint density at radius 3 is 2.96 bits per heavy atom. The van der Waals surface area contributed by atoms with E-state index in [0.29, 0.717) is 11.5 Å². The predicted octanol–water partition coefficient (Wildman–Crippen LogP) is 3.41. The number of nitrogens with one attached hydrogen (secondary N) is 1. The third-order valence-electron chi connectivity index (χ3n) is 3.54. The first-order valence-electron chi connectivity index (χ1n) is 7.32. The molecule has 4 heterocycles. The van der Waals surface area contributed by atoms with Crippen LogP contribution in [0.1, 0.15) is 29.3 Å². The van der Waals surface area contributed by atoms with Gasteiger partial charge in [-0.1, -0.05) is 12.1 Å². The summed E-state index contributed by atoms with van der Waals surface area (Å²) < 4.78 is 1.86. The van der Waals surface area contributed by atoms with E-state index in [1.54, 1.807) is 16.7 Å². The number of carbonyl (C=O) groups excluding carboxylic acids is 1. The first kappa shape index (κ1) is 15.0. The summed E-state index contributed by atoms with van der Waals surface area (Å²) in [6.45, 7) is 1.88. The summed E-state index contributed by atoms with van der Waals surface area (Å²) in [4.78, 5) is 17.9. The Labute approximate surface area is 145 Å². The van der Waals surface area contributed by atoms with Gasteiger partial charge in [0.25, 0.3) is 5.91 Å². The molecule has 1 amide bonds. The van der Waals surface area contributed by atoms with Gasteiger partial charge in [-0.2, -0.15) is 0 Å². The molecule has 1 N–H and O–H groups in total. The fourth-order valence-electron chi connectivity index (χ4n) is 2.38. The number of thiophene rings is 1. The zero-order valence-electron chi connectivity index (χ0n) is 12.7. The van der Waals surface area contributed by atoms with Crippen LogP contribution in [0, 0.1) is 0 Å². The highest BCUT2D eigenvalue weighted by Crippen LogP contribution is 2.27. The van der Waals surface area contributed by atoms with E-state index in [0.717, 1.165) is 15.5 Å². The van der Waals surface area contributed by atoms with E-state index in [2.05, 4.69) is 20.5 Å². The number of fused-ring (bicyclic) bond motifs is 1. The second kappa shape index (κ2) is 6.14. The van der Waals surface area contributed by atoms with Gasteiger partial charge in [-0.15, -0.1) is 32.9 Å². The maximum atomic E-state index is 12.4. The maximum Gasteiger partial charge on any atom is 0.271 e. The normalized spacial score (nSPS) is 12.4. The average Bonchev–Trinajstić information content (AvgIpc) is 3.33. The summed E-state index contributed by atoms with van der Waals surface area (Å²) in [6, 6.07) is 9.37. The van der Waals surface area contributed by atoms with E-state index in [-0.39, 0.29) is 11.9 Å². The Hall–Kier alpha value is -2.58. The van der Waals surface area contributed by atoms with Crippen molar-refractivity contribution >= 4 is 34.2 Å². The molecule has 24 heavy (non-hydrogen) atoms. The van der Waals surface area contributed by atoms with Crippen molar-refractivity contribution in [3.8, 4) is 9.88 Å². The molecule has 4 rings (SSSR count). The van der Waals surface area contributed by atoms with E-state index in [9.17, 15) is 4.79 Å². The Morgan fingerprint density at radius 1 is 1.21 bits per heavy atom. The molecule has 6 nitrogen and oxygen atoms in total. The fourth-order valence-corrected chi connectivity index (χ4v) is 4.00. The molecule has 4 aromatic rings. The molecule has 1 atom stereocenters. The highest BCUT2D eigenvalue weighted by Gasteiger charge is 2.18. The standard InChI is InChI=1S/C16H13N5OS2/c1-10(14-20-19-13-6-2-3-7-21(13)14)17-15(22)11-9-24-16(18-11)12-5-4-8-23-12/h2-10H,1H3,(H,17,22)/t10-/m1/s1. The van der Waals surface area contributed by atoms with Gasteiger partial charge < -0.3 is 5.32 Å². The molecule has 0 fully saturated rings. The van der Waals surface area contributed by atoms with Crippen molar-refractivity contribution in [1.29, 1.82) is 0 Å². The molecule has 0 spiro atoms. The molecular weight excluding hydrogens is 342 g/mol. The van der Waals surface area contributed by atoms with Crippen molar-refractivity contribution in [2.45, 2.75) is 13.0 Å². The number of thiazole rings is 1. The lowest BCUT2D eigenvalue weighted by Gasteiger charge is -2.11. The molecule has 0 aliphatic rings. The summed E-state index contributed by atoms with van der Waals surface area (Å²) in [6.07, 6.45) is 1.88. The van der Waals surface area contributed by atoms with Crippen molar-refractivity contribution in [3.63, 3.8) is 0 Å². The van der Waals surface area contributed by atoms with Gasteiger partial charge in [0.2, 0.25) is 0 Å². The Morgan fingerprint density at radius 2 is 2.12 bits per heavy atom. The molecule has 8 heteroatoms. The molecule has 0 aromatic carbocycles. The largest absolute Gasteiger partial charge is 0.341 e. The van der Waals surface area contributed by atoms with Gasteiger partial charge in [-0.05, 0) is 30.5 Å². The molecule has 0 aliphatic carbocycles. The van der Waals surface area contributed by atoms with Crippen LogP contribution in [0.15, 0.2) is 47.3 Å². The van der Waals surface area contributed by atoms with E-state index < -0.39 is 0 Å². The minimum atomic E-state index is -0.276. The zero-order valence-corrected chi connectivity index (χ0v) is 14.3. The highest BCUT2D eigenvalue weighted by molar-refractivity contribution is 7.20. The van der Waals surface area contributed by atoms with Crippen LogP contribution in [0.3, 0.4) is 0 Å². The van der Waals surface area contributed by atoms with Gasteiger partial charge in [0.1, 0.15) is 10.7 Å². The summed E-state index contributed by atoms with van der Waals surface area (Å²) >= 11 is 3.08. The number of carbonyl (C=O) groups is 1. The van der Waals surface area contributed by atoms with Crippen LogP contribution in [0.2, 0.25) is 0 Å². The zero-order chi connectivity index (χ0) is 16.5. The van der Waals surface area contributed by atoms with Crippen molar-refractivity contribution in [1.82, 2.24) is 24.9 Å². The highest BCUT2D eigenvalue weighted by atomic mass is 32.1. The number of nitrogens with zero attached hydrogens (tertiary/aromatic N) is 4. The van der Waals surface area contributed by atoms with Crippen LogP contribution in [0.5, 0.6) is 0 Å². The van der Waals surface area contributed by atoms with Crippen LogP contribution in [0.25, 0.3) is 15.5 Å². The lowest BCUT2D eigenvalue weighted by atomic mass is 10.3. The first-order valence-corrected chi connectivity index (χ1v) is 9.08. The van der Waals surface area contributed by atoms with Crippen molar-refractivity contribution in [2.24, 2.45) is 0 Å². The minimum Gasteiger partial charge on any atom is -0.341 e. The fraction of sp³-hybridized carbons (Fsp3) is 0.125. The first-order chi connectivity index (χ1) is 11.7.